The fourth-order valence-electron chi connectivity index (χ4n) is 7.27. The predicted octanol–water partition coefficient (Wildman–Crippen LogP) is 1.32. The van der Waals surface area contributed by atoms with E-state index in [4.69, 9.17) is 0 Å². The number of para-hydroxylation sites is 8. The van der Waals surface area contributed by atoms with Gasteiger partial charge in [0.05, 0.1) is 60.9 Å². The lowest BCUT2D eigenvalue weighted by Crippen LogP contribution is -3.00. The van der Waals surface area contributed by atoms with E-state index in [9.17, 15) is 0 Å². The van der Waals surface area contributed by atoms with Crippen LogP contribution in [0.5, 0.6) is 0 Å². The molecule has 0 fully saturated rings. The zero-order valence-electron chi connectivity index (χ0n) is 28.4. The van der Waals surface area contributed by atoms with Crippen LogP contribution in [0.4, 0.5) is 0 Å². The Kier molecular flexibility index (Phi) is 12.2. The third kappa shape index (κ3) is 7.75. The second-order valence-electron chi connectivity index (χ2n) is 13.0. The highest BCUT2D eigenvalue weighted by Gasteiger charge is 2.17. The van der Waals surface area contributed by atoms with E-state index in [-0.39, 0.29) is 48.0 Å². The van der Waals surface area contributed by atoms with Crippen LogP contribution in [-0.4, -0.2) is 28.2 Å². The summed E-state index contributed by atoms with van der Waals surface area (Å²) in [5.41, 5.74) is 9.89. The molecule has 0 radical (unpaired) electrons. The fourth-order valence-corrected chi connectivity index (χ4v) is 7.27. The van der Waals surface area contributed by atoms with Crippen molar-refractivity contribution in [3.63, 3.8) is 0 Å². The number of imidazole rings is 4. The Balaban J connectivity index is 0.00000216. The van der Waals surface area contributed by atoms with Crippen molar-refractivity contribution in [3.05, 3.63) is 122 Å². The normalized spacial score (nSPS) is 11.4. The molecule has 0 aliphatic heterocycles. The van der Waals surface area contributed by atoms with Crippen LogP contribution in [-0.2, 0) is 39.3 Å². The third-order valence-electron chi connectivity index (χ3n) is 9.76. The Morgan fingerprint density at radius 1 is 0.400 bits per heavy atom. The van der Waals surface area contributed by atoms with Crippen LogP contribution in [0.25, 0.3) is 44.1 Å². The maximum atomic E-state index is 4.55. The van der Waals surface area contributed by atoms with E-state index in [0.717, 1.165) is 88.8 Å². The van der Waals surface area contributed by atoms with Gasteiger partial charge in [0, 0.05) is 13.1 Å². The largest absolute Gasteiger partial charge is 1.00 e. The van der Waals surface area contributed by atoms with Crippen LogP contribution in [0.15, 0.2) is 122 Å². The molecule has 10 heteroatoms. The van der Waals surface area contributed by atoms with Gasteiger partial charge in [-0.2, -0.15) is 0 Å². The maximum Gasteiger partial charge on any atom is 0.244 e. The number of fused-ring (bicyclic) bond motifs is 4. The predicted molar refractivity (Wildman–Crippen MR) is 191 cm³/mol. The van der Waals surface area contributed by atoms with Crippen molar-refractivity contribution in [2.45, 2.75) is 77.8 Å². The van der Waals surface area contributed by atoms with Gasteiger partial charge in [-0.15, -0.1) is 0 Å². The molecule has 0 saturated carbocycles. The van der Waals surface area contributed by atoms with E-state index in [2.05, 4.69) is 147 Å². The van der Waals surface area contributed by atoms with E-state index in [1.165, 1.54) is 33.1 Å². The third-order valence-corrected chi connectivity index (χ3v) is 9.76. The monoisotopic (exact) mass is 890 g/mol. The highest BCUT2D eigenvalue weighted by atomic mass is 127. The molecule has 0 N–H and O–H groups in total. The van der Waals surface area contributed by atoms with E-state index >= 15 is 0 Å². The second-order valence-corrected chi connectivity index (χ2v) is 13.0. The molecule has 4 aromatic heterocycles. The molecule has 0 bridgehead atoms. The smallest absolute Gasteiger partial charge is 0.244 e. The molecule has 4 aromatic carbocycles. The number of nitrogens with zero attached hydrogens (tertiary/aromatic N) is 8. The van der Waals surface area contributed by atoms with Crippen LogP contribution in [0.3, 0.4) is 0 Å². The zero-order valence-corrected chi connectivity index (χ0v) is 32.7. The van der Waals surface area contributed by atoms with Crippen LogP contribution in [0, 0.1) is 0 Å². The first-order chi connectivity index (χ1) is 23.8. The fraction of sp³-hybridized carbons (Fsp3) is 0.300. The van der Waals surface area contributed by atoms with Crippen LogP contribution < -0.4 is 57.1 Å². The SMILES string of the molecule is [I-].[I-].c1ccc2c(c1)ncn2CCCC[n+]1cn(CCCCn2c[n+](CCCCn3cnc4ccccc43)c3ccccc32)c2ccccc21. The molecule has 0 unspecified atom stereocenters. The molecule has 0 saturated heterocycles. The van der Waals surface area contributed by atoms with Crippen LogP contribution in [0.1, 0.15) is 38.5 Å². The molecule has 8 aromatic rings. The van der Waals surface area contributed by atoms with Crippen molar-refractivity contribution >= 4 is 44.1 Å². The molecule has 50 heavy (non-hydrogen) atoms. The van der Waals surface area contributed by atoms with Crippen molar-refractivity contribution in [1.82, 2.24) is 28.2 Å². The van der Waals surface area contributed by atoms with Crippen molar-refractivity contribution in [2.75, 3.05) is 0 Å². The second kappa shape index (κ2) is 17.0. The minimum atomic E-state index is 0. The summed E-state index contributed by atoms with van der Waals surface area (Å²) in [5, 5.41) is 0. The van der Waals surface area contributed by atoms with Gasteiger partial charge in [0.1, 0.15) is 0 Å². The zero-order chi connectivity index (χ0) is 32.1. The first kappa shape index (κ1) is 36.0. The molecule has 4 heterocycles. The minimum Gasteiger partial charge on any atom is -1.00 e. The van der Waals surface area contributed by atoms with E-state index in [1.54, 1.807) is 0 Å². The summed E-state index contributed by atoms with van der Waals surface area (Å²) in [6.07, 6.45) is 15.4. The van der Waals surface area contributed by atoms with Crippen molar-refractivity contribution in [3.8, 4) is 0 Å². The number of benzene rings is 4. The molecular formula is C40H44I2N8. The van der Waals surface area contributed by atoms with Gasteiger partial charge in [0.15, 0.2) is 22.1 Å². The molecule has 8 rings (SSSR count). The molecule has 0 aliphatic rings. The van der Waals surface area contributed by atoms with Gasteiger partial charge in [0.2, 0.25) is 12.7 Å². The topological polar surface area (TPSA) is 53.3 Å². The number of hydrogen-bond donors (Lipinski definition) is 0. The van der Waals surface area contributed by atoms with Gasteiger partial charge in [-0.1, -0.05) is 48.5 Å². The number of unbranched alkanes of at least 4 members (excludes halogenated alkanes) is 3. The Bertz CT molecular complexity index is 2130. The Morgan fingerprint density at radius 2 is 0.760 bits per heavy atom. The first-order valence-corrected chi connectivity index (χ1v) is 17.6. The van der Waals surface area contributed by atoms with Gasteiger partial charge in [-0.05, 0) is 87.1 Å². The Morgan fingerprint density at radius 3 is 1.22 bits per heavy atom. The van der Waals surface area contributed by atoms with E-state index in [1.807, 2.05) is 12.7 Å². The van der Waals surface area contributed by atoms with Crippen LogP contribution >= 0.6 is 0 Å². The summed E-state index contributed by atoms with van der Waals surface area (Å²) in [6.45, 7) is 6.09. The van der Waals surface area contributed by atoms with E-state index < -0.39 is 0 Å². The van der Waals surface area contributed by atoms with Crippen molar-refractivity contribution < 1.29 is 57.1 Å². The van der Waals surface area contributed by atoms with Gasteiger partial charge in [-0.25, -0.2) is 28.2 Å². The number of hydrogen-bond acceptors (Lipinski definition) is 2. The number of aromatic nitrogens is 8. The summed E-state index contributed by atoms with van der Waals surface area (Å²) < 4.78 is 14.4. The number of halogens is 2. The highest BCUT2D eigenvalue weighted by Crippen LogP contribution is 2.17. The van der Waals surface area contributed by atoms with Gasteiger partial charge in [0.25, 0.3) is 0 Å². The average molecular weight is 891 g/mol. The van der Waals surface area contributed by atoms with Gasteiger partial charge in [-0.3, -0.25) is 0 Å². The maximum absolute atomic E-state index is 4.55. The Labute approximate surface area is 327 Å². The summed E-state index contributed by atoms with van der Waals surface area (Å²) in [6, 6.07) is 34.5. The molecular weight excluding hydrogens is 846 g/mol. The summed E-state index contributed by atoms with van der Waals surface area (Å²) in [5.74, 6) is 0. The lowest BCUT2D eigenvalue weighted by molar-refractivity contribution is -0.672. The molecule has 258 valence electrons. The molecule has 0 amide bonds. The summed E-state index contributed by atoms with van der Waals surface area (Å²) in [7, 11) is 0. The number of rotatable bonds is 15. The number of aryl methyl sites for hydroxylation is 6. The summed E-state index contributed by atoms with van der Waals surface area (Å²) in [4.78, 5) is 9.10. The Hall–Kier alpha value is -3.78. The van der Waals surface area contributed by atoms with Crippen molar-refractivity contribution in [1.29, 1.82) is 0 Å². The van der Waals surface area contributed by atoms with Crippen molar-refractivity contribution in [2.24, 2.45) is 0 Å². The first-order valence-electron chi connectivity index (χ1n) is 17.6. The standard InChI is InChI=1S/C40H44N8.2HI/c1-3-17-35-33(15-1)41-29-43(35)23-9-11-25-45-31-47(39-21-7-5-19-37(39)45)27-13-14-28-48-32-46(38-20-6-8-22-40(38)48)26-12-10-24-44-30-42-34-16-2-4-18-36(34)44;;/h1-8,15-22,29-32H,9-14,23-28H2;2*1H/q+2;;/p-2. The van der Waals surface area contributed by atoms with Gasteiger partial charge < -0.3 is 57.1 Å². The van der Waals surface area contributed by atoms with Crippen LogP contribution in [0.2, 0.25) is 0 Å². The van der Waals surface area contributed by atoms with E-state index in [0.29, 0.717) is 0 Å². The highest BCUT2D eigenvalue weighted by molar-refractivity contribution is 5.76. The molecule has 0 atom stereocenters. The minimum absolute atomic E-state index is 0. The van der Waals surface area contributed by atoms with Gasteiger partial charge >= 0.3 is 0 Å². The average Bonchev–Trinajstić information content (AvgIpc) is 3.91. The molecule has 0 aliphatic carbocycles. The molecule has 0 spiro atoms. The molecule has 8 nitrogen and oxygen atoms in total. The lowest BCUT2D eigenvalue weighted by Gasteiger charge is -2.03. The lowest BCUT2D eigenvalue weighted by atomic mass is 10.2. The summed E-state index contributed by atoms with van der Waals surface area (Å²) >= 11 is 0. The quantitative estimate of drug-likeness (QED) is 0.0888.